The van der Waals surface area contributed by atoms with Gasteiger partial charge in [0.05, 0.1) is 11.3 Å². The second kappa shape index (κ2) is 3.97. The minimum absolute atomic E-state index is 0.0284. The molecule has 0 bridgehead atoms. The predicted octanol–water partition coefficient (Wildman–Crippen LogP) is 1.85. The standard InChI is InChI=1S/C12H11IN2O2/c13-7-3-4-9-8(6-7)12(17)15-5-1-2-10(15)11(16)14-9/h3-4,6,10H,1-2,5H2,(H,14,16)/t10-/m0/s1. The second-order valence-corrected chi connectivity index (χ2v) is 5.58. The fourth-order valence-electron chi connectivity index (χ4n) is 2.46. The van der Waals surface area contributed by atoms with Gasteiger partial charge < -0.3 is 10.2 Å². The Hall–Kier alpha value is -1.11. The summed E-state index contributed by atoms with van der Waals surface area (Å²) in [5.41, 5.74) is 1.24. The van der Waals surface area contributed by atoms with Crippen molar-refractivity contribution in [2.75, 3.05) is 11.9 Å². The molecule has 0 radical (unpaired) electrons. The molecule has 1 aromatic rings. The van der Waals surface area contributed by atoms with Gasteiger partial charge in [-0.1, -0.05) is 0 Å². The highest BCUT2D eigenvalue weighted by molar-refractivity contribution is 14.1. The van der Waals surface area contributed by atoms with E-state index in [1.807, 2.05) is 12.1 Å². The molecule has 2 aliphatic rings. The molecule has 2 heterocycles. The Morgan fingerprint density at radius 1 is 1.35 bits per heavy atom. The number of carbonyl (C=O) groups excluding carboxylic acids is 2. The highest BCUT2D eigenvalue weighted by Crippen LogP contribution is 2.29. The summed E-state index contributed by atoms with van der Waals surface area (Å²) >= 11 is 2.17. The molecular formula is C12H11IN2O2. The number of amides is 2. The molecule has 17 heavy (non-hydrogen) atoms. The van der Waals surface area contributed by atoms with Crippen molar-refractivity contribution in [3.63, 3.8) is 0 Å². The van der Waals surface area contributed by atoms with Crippen LogP contribution in [-0.2, 0) is 4.79 Å². The molecule has 0 unspecified atom stereocenters. The molecule has 0 aliphatic carbocycles. The lowest BCUT2D eigenvalue weighted by atomic mass is 10.1. The molecule has 5 heteroatoms. The van der Waals surface area contributed by atoms with Crippen molar-refractivity contribution in [3.05, 3.63) is 27.3 Å². The van der Waals surface area contributed by atoms with Crippen LogP contribution in [0.3, 0.4) is 0 Å². The van der Waals surface area contributed by atoms with Gasteiger partial charge in [0.2, 0.25) is 5.91 Å². The first-order valence-electron chi connectivity index (χ1n) is 5.58. The van der Waals surface area contributed by atoms with Crippen LogP contribution in [0.5, 0.6) is 0 Å². The summed E-state index contributed by atoms with van der Waals surface area (Å²) in [6.07, 6.45) is 1.67. The van der Waals surface area contributed by atoms with Gasteiger partial charge in [0.25, 0.3) is 5.91 Å². The Bertz CT molecular complexity index is 515. The Kier molecular flexibility index (Phi) is 2.57. The highest BCUT2D eigenvalue weighted by atomic mass is 127. The van der Waals surface area contributed by atoms with Gasteiger partial charge in [0.1, 0.15) is 6.04 Å². The van der Waals surface area contributed by atoms with E-state index in [1.165, 1.54) is 0 Å². The second-order valence-electron chi connectivity index (χ2n) is 4.34. The molecule has 4 nitrogen and oxygen atoms in total. The lowest BCUT2D eigenvalue weighted by Gasteiger charge is -2.19. The van der Waals surface area contributed by atoms with E-state index in [0.717, 1.165) is 16.4 Å². The molecule has 2 amide bonds. The summed E-state index contributed by atoms with van der Waals surface area (Å²) in [6, 6.07) is 5.24. The van der Waals surface area contributed by atoms with Gasteiger partial charge in [-0.05, 0) is 53.6 Å². The zero-order valence-corrected chi connectivity index (χ0v) is 11.2. The van der Waals surface area contributed by atoms with E-state index in [9.17, 15) is 9.59 Å². The number of hydrogen-bond acceptors (Lipinski definition) is 2. The van der Waals surface area contributed by atoms with Crippen molar-refractivity contribution in [2.45, 2.75) is 18.9 Å². The predicted molar refractivity (Wildman–Crippen MR) is 71.8 cm³/mol. The van der Waals surface area contributed by atoms with Crippen molar-refractivity contribution >= 4 is 40.1 Å². The lowest BCUT2D eigenvalue weighted by molar-refractivity contribution is -0.119. The molecule has 3 rings (SSSR count). The summed E-state index contributed by atoms with van der Waals surface area (Å²) in [7, 11) is 0. The van der Waals surface area contributed by atoms with Crippen LogP contribution in [0.1, 0.15) is 23.2 Å². The van der Waals surface area contributed by atoms with Crippen molar-refractivity contribution in [3.8, 4) is 0 Å². The number of anilines is 1. The SMILES string of the molecule is O=C1Nc2ccc(I)cc2C(=O)N2CCC[C@@H]12. The third kappa shape index (κ3) is 1.72. The van der Waals surface area contributed by atoms with E-state index in [4.69, 9.17) is 0 Å². The number of nitrogens with one attached hydrogen (secondary N) is 1. The van der Waals surface area contributed by atoms with Crippen molar-refractivity contribution in [2.24, 2.45) is 0 Å². The average Bonchev–Trinajstić information content (AvgIpc) is 2.76. The van der Waals surface area contributed by atoms with Gasteiger partial charge in [-0.3, -0.25) is 9.59 Å². The average molecular weight is 342 g/mol. The first-order valence-corrected chi connectivity index (χ1v) is 6.66. The van der Waals surface area contributed by atoms with Crippen LogP contribution in [0.25, 0.3) is 0 Å². The summed E-state index contributed by atoms with van der Waals surface area (Å²) in [5.74, 6) is -0.0878. The quantitative estimate of drug-likeness (QED) is 0.732. The van der Waals surface area contributed by atoms with Crippen LogP contribution in [-0.4, -0.2) is 29.3 Å². The summed E-state index contributed by atoms with van der Waals surface area (Å²) < 4.78 is 1.00. The third-order valence-electron chi connectivity index (χ3n) is 3.29. The van der Waals surface area contributed by atoms with Crippen molar-refractivity contribution < 1.29 is 9.59 Å². The lowest BCUT2D eigenvalue weighted by Crippen LogP contribution is -2.40. The molecule has 1 aromatic carbocycles. The topological polar surface area (TPSA) is 49.4 Å². The Labute approximate surface area is 113 Å². The van der Waals surface area contributed by atoms with E-state index < -0.39 is 0 Å². The van der Waals surface area contributed by atoms with Gasteiger partial charge in [0.15, 0.2) is 0 Å². The molecule has 1 N–H and O–H groups in total. The minimum atomic E-state index is -0.285. The maximum absolute atomic E-state index is 12.3. The van der Waals surface area contributed by atoms with Crippen molar-refractivity contribution in [1.29, 1.82) is 0 Å². The summed E-state index contributed by atoms with van der Waals surface area (Å²) in [6.45, 7) is 0.682. The summed E-state index contributed by atoms with van der Waals surface area (Å²) in [5, 5.41) is 2.85. The molecule has 0 aromatic heterocycles. The highest BCUT2D eigenvalue weighted by Gasteiger charge is 2.38. The fourth-order valence-corrected chi connectivity index (χ4v) is 2.95. The van der Waals surface area contributed by atoms with Crippen LogP contribution in [0.15, 0.2) is 18.2 Å². The van der Waals surface area contributed by atoms with Gasteiger partial charge in [-0.15, -0.1) is 0 Å². The van der Waals surface area contributed by atoms with Gasteiger partial charge in [-0.25, -0.2) is 0 Å². The number of nitrogens with zero attached hydrogens (tertiary/aromatic N) is 1. The Morgan fingerprint density at radius 2 is 2.18 bits per heavy atom. The normalized spacial score (nSPS) is 22.9. The maximum atomic E-state index is 12.3. The fraction of sp³-hybridized carbons (Fsp3) is 0.333. The molecular weight excluding hydrogens is 331 g/mol. The van der Waals surface area contributed by atoms with Crippen LogP contribution < -0.4 is 5.32 Å². The van der Waals surface area contributed by atoms with Crippen LogP contribution in [0.4, 0.5) is 5.69 Å². The molecule has 0 spiro atoms. The number of rotatable bonds is 0. The van der Waals surface area contributed by atoms with E-state index in [-0.39, 0.29) is 17.9 Å². The number of carbonyl (C=O) groups is 2. The molecule has 0 saturated carbocycles. The third-order valence-corrected chi connectivity index (χ3v) is 3.96. The Morgan fingerprint density at radius 3 is 3.00 bits per heavy atom. The smallest absolute Gasteiger partial charge is 0.256 e. The first kappa shape index (κ1) is 11.0. The zero-order valence-electron chi connectivity index (χ0n) is 9.07. The molecule has 2 aliphatic heterocycles. The van der Waals surface area contributed by atoms with Gasteiger partial charge >= 0.3 is 0 Å². The van der Waals surface area contributed by atoms with Crippen LogP contribution >= 0.6 is 22.6 Å². The van der Waals surface area contributed by atoms with Gasteiger partial charge in [0, 0.05) is 10.1 Å². The Balaban J connectivity index is 2.12. The van der Waals surface area contributed by atoms with E-state index in [2.05, 4.69) is 27.9 Å². The molecule has 1 saturated heterocycles. The van der Waals surface area contributed by atoms with Gasteiger partial charge in [-0.2, -0.15) is 0 Å². The number of fused-ring (bicyclic) bond motifs is 2. The molecule has 1 fully saturated rings. The monoisotopic (exact) mass is 342 g/mol. The molecule has 1 atom stereocenters. The van der Waals surface area contributed by atoms with Crippen LogP contribution in [0, 0.1) is 3.57 Å². The number of benzene rings is 1. The number of halogens is 1. The first-order chi connectivity index (χ1) is 8.16. The largest absolute Gasteiger partial charge is 0.327 e. The van der Waals surface area contributed by atoms with Crippen LogP contribution in [0.2, 0.25) is 0 Å². The minimum Gasteiger partial charge on any atom is -0.327 e. The van der Waals surface area contributed by atoms with Crippen molar-refractivity contribution in [1.82, 2.24) is 4.90 Å². The maximum Gasteiger partial charge on any atom is 0.256 e. The van der Waals surface area contributed by atoms with E-state index >= 15 is 0 Å². The van der Waals surface area contributed by atoms with E-state index in [1.54, 1.807) is 11.0 Å². The van der Waals surface area contributed by atoms with E-state index in [0.29, 0.717) is 17.8 Å². The number of hydrogen-bond donors (Lipinski definition) is 1. The zero-order chi connectivity index (χ0) is 12.0. The summed E-state index contributed by atoms with van der Waals surface area (Å²) in [4.78, 5) is 26.0. The molecule has 88 valence electrons.